The van der Waals surface area contributed by atoms with Crippen molar-refractivity contribution >= 4 is 23.6 Å². The molecule has 0 aliphatic carbocycles. The van der Waals surface area contributed by atoms with Crippen LogP contribution in [0.2, 0.25) is 0 Å². The van der Waals surface area contributed by atoms with E-state index in [0.717, 1.165) is 5.56 Å². The van der Waals surface area contributed by atoms with E-state index >= 15 is 0 Å². The molecule has 1 aromatic rings. The molecule has 2 amide bonds. The molecule has 0 spiro atoms. The van der Waals surface area contributed by atoms with Gasteiger partial charge in [-0.05, 0) is 29.2 Å². The average Bonchev–Trinajstić information content (AvgIpc) is 2.42. The number of carbonyl (C=O) groups excluding carboxylic acids is 2. The first kappa shape index (κ1) is 17.9. The van der Waals surface area contributed by atoms with Crippen LogP contribution in [0.4, 0.5) is 5.69 Å². The maximum absolute atomic E-state index is 11.7. The lowest BCUT2D eigenvalue weighted by Crippen LogP contribution is -2.38. The lowest BCUT2D eigenvalue weighted by Gasteiger charge is -2.25. The lowest BCUT2D eigenvalue weighted by molar-refractivity contribution is -0.117. The Hall–Kier alpha value is -2.14. The third-order valence-electron chi connectivity index (χ3n) is 3.13. The van der Waals surface area contributed by atoms with Crippen LogP contribution in [-0.2, 0) is 9.59 Å². The monoisotopic (exact) mass is 304 g/mol. The summed E-state index contributed by atoms with van der Waals surface area (Å²) < 4.78 is 0. The van der Waals surface area contributed by atoms with Crippen molar-refractivity contribution < 1.29 is 14.7 Å². The van der Waals surface area contributed by atoms with Crippen LogP contribution in [0.25, 0.3) is 6.08 Å². The predicted octanol–water partition coefficient (Wildman–Crippen LogP) is 2.18. The Morgan fingerprint density at radius 3 is 2.32 bits per heavy atom. The molecule has 0 saturated carbocycles. The molecule has 22 heavy (non-hydrogen) atoms. The Labute approximate surface area is 131 Å². The standard InChI is InChI=1S/C17H24N2O3/c1-12(20)19-14-8-5-13(6-9-14)7-10-16(22)18-11-15(21)17(2,3)4/h5-10,15,21H,11H2,1-4H3,(H,18,22)(H,19,20)/b10-7+. The number of hydrogen-bond acceptors (Lipinski definition) is 3. The summed E-state index contributed by atoms with van der Waals surface area (Å²) in [6, 6.07) is 7.14. The molecule has 5 nitrogen and oxygen atoms in total. The van der Waals surface area contributed by atoms with Gasteiger partial charge in [0.2, 0.25) is 11.8 Å². The van der Waals surface area contributed by atoms with Crippen LogP contribution >= 0.6 is 0 Å². The van der Waals surface area contributed by atoms with Crippen molar-refractivity contribution in [3.8, 4) is 0 Å². The second kappa shape index (κ2) is 7.75. The predicted molar refractivity (Wildman–Crippen MR) is 88.3 cm³/mol. The minimum absolute atomic E-state index is 0.125. The van der Waals surface area contributed by atoms with E-state index in [9.17, 15) is 14.7 Å². The second-order valence-electron chi connectivity index (χ2n) is 6.26. The van der Waals surface area contributed by atoms with Gasteiger partial charge < -0.3 is 15.7 Å². The Balaban J connectivity index is 2.50. The Morgan fingerprint density at radius 2 is 1.82 bits per heavy atom. The number of rotatable bonds is 5. The fourth-order valence-corrected chi connectivity index (χ4v) is 1.62. The number of carbonyl (C=O) groups is 2. The molecule has 0 aliphatic heterocycles. The Morgan fingerprint density at radius 1 is 1.23 bits per heavy atom. The minimum atomic E-state index is -0.596. The fourth-order valence-electron chi connectivity index (χ4n) is 1.62. The lowest BCUT2D eigenvalue weighted by atomic mass is 9.89. The maximum Gasteiger partial charge on any atom is 0.244 e. The third-order valence-corrected chi connectivity index (χ3v) is 3.13. The van der Waals surface area contributed by atoms with Crippen LogP contribution in [0.15, 0.2) is 30.3 Å². The van der Waals surface area contributed by atoms with Gasteiger partial charge in [0.05, 0.1) is 6.10 Å². The molecule has 3 N–H and O–H groups in total. The van der Waals surface area contributed by atoms with Crippen molar-refractivity contribution in [3.63, 3.8) is 0 Å². The molecular formula is C17H24N2O3. The number of hydrogen-bond donors (Lipinski definition) is 3. The van der Waals surface area contributed by atoms with Gasteiger partial charge in [0.15, 0.2) is 0 Å². The van der Waals surface area contributed by atoms with E-state index in [4.69, 9.17) is 0 Å². The molecule has 1 rings (SSSR count). The van der Waals surface area contributed by atoms with Crippen molar-refractivity contribution in [3.05, 3.63) is 35.9 Å². The molecule has 0 saturated heterocycles. The second-order valence-corrected chi connectivity index (χ2v) is 6.26. The van der Waals surface area contributed by atoms with Crippen LogP contribution < -0.4 is 10.6 Å². The first-order valence-corrected chi connectivity index (χ1v) is 7.20. The van der Waals surface area contributed by atoms with Gasteiger partial charge in [0, 0.05) is 25.2 Å². The van der Waals surface area contributed by atoms with Gasteiger partial charge >= 0.3 is 0 Å². The summed E-state index contributed by atoms with van der Waals surface area (Å²) in [7, 11) is 0. The van der Waals surface area contributed by atoms with Gasteiger partial charge in [-0.2, -0.15) is 0 Å². The third kappa shape index (κ3) is 6.54. The van der Waals surface area contributed by atoms with Gasteiger partial charge in [0.1, 0.15) is 0 Å². The largest absolute Gasteiger partial charge is 0.391 e. The van der Waals surface area contributed by atoms with E-state index < -0.39 is 6.10 Å². The van der Waals surface area contributed by atoms with Crippen molar-refractivity contribution in [1.29, 1.82) is 0 Å². The number of benzene rings is 1. The highest BCUT2D eigenvalue weighted by molar-refractivity contribution is 5.92. The van der Waals surface area contributed by atoms with Crippen LogP contribution in [0, 0.1) is 5.41 Å². The van der Waals surface area contributed by atoms with E-state index in [1.807, 2.05) is 20.8 Å². The Bertz CT molecular complexity index is 542. The summed E-state index contributed by atoms with van der Waals surface area (Å²) in [4.78, 5) is 22.6. The molecule has 1 atom stereocenters. The number of amides is 2. The minimum Gasteiger partial charge on any atom is -0.391 e. The molecule has 120 valence electrons. The normalized spacial score (nSPS) is 13.0. The van der Waals surface area contributed by atoms with E-state index in [1.165, 1.54) is 13.0 Å². The highest BCUT2D eigenvalue weighted by Gasteiger charge is 2.21. The number of nitrogens with one attached hydrogen (secondary N) is 2. The first-order chi connectivity index (χ1) is 10.2. The topological polar surface area (TPSA) is 78.4 Å². The molecule has 0 radical (unpaired) electrons. The smallest absolute Gasteiger partial charge is 0.244 e. The van der Waals surface area contributed by atoms with Gasteiger partial charge in [0.25, 0.3) is 0 Å². The van der Waals surface area contributed by atoms with Gasteiger partial charge in [-0.25, -0.2) is 0 Å². The Kier molecular flexibility index (Phi) is 6.31. The number of aliphatic hydroxyl groups is 1. The SMILES string of the molecule is CC(=O)Nc1ccc(/C=C/C(=O)NCC(O)C(C)(C)C)cc1. The summed E-state index contributed by atoms with van der Waals surface area (Å²) in [6.07, 6.45) is 2.50. The summed E-state index contributed by atoms with van der Waals surface area (Å²) in [5.74, 6) is -0.380. The zero-order chi connectivity index (χ0) is 16.8. The molecule has 1 aromatic carbocycles. The van der Waals surface area contributed by atoms with Crippen LogP contribution in [0.5, 0.6) is 0 Å². The summed E-state index contributed by atoms with van der Waals surface area (Å²) >= 11 is 0. The molecule has 0 fully saturated rings. The van der Waals surface area contributed by atoms with Gasteiger partial charge in [-0.3, -0.25) is 9.59 Å². The number of anilines is 1. The summed E-state index contributed by atoms with van der Waals surface area (Å²) in [5.41, 5.74) is 1.29. The van der Waals surface area contributed by atoms with Gasteiger partial charge in [-0.1, -0.05) is 32.9 Å². The molecule has 0 bridgehead atoms. The number of aliphatic hydroxyl groups excluding tert-OH is 1. The van der Waals surface area contributed by atoms with E-state index in [2.05, 4.69) is 10.6 Å². The quantitative estimate of drug-likeness (QED) is 0.730. The molecular weight excluding hydrogens is 280 g/mol. The molecule has 0 aliphatic rings. The maximum atomic E-state index is 11.7. The summed E-state index contributed by atoms with van der Waals surface area (Å²) in [6.45, 7) is 7.40. The van der Waals surface area contributed by atoms with Crippen molar-refractivity contribution in [2.24, 2.45) is 5.41 Å². The van der Waals surface area contributed by atoms with Crippen LogP contribution in [0.3, 0.4) is 0 Å². The zero-order valence-electron chi connectivity index (χ0n) is 13.5. The van der Waals surface area contributed by atoms with Crippen molar-refractivity contribution in [1.82, 2.24) is 5.32 Å². The molecule has 0 aromatic heterocycles. The van der Waals surface area contributed by atoms with E-state index in [1.54, 1.807) is 30.3 Å². The van der Waals surface area contributed by atoms with Crippen LogP contribution in [0.1, 0.15) is 33.3 Å². The van der Waals surface area contributed by atoms with Crippen molar-refractivity contribution in [2.75, 3.05) is 11.9 Å². The highest BCUT2D eigenvalue weighted by atomic mass is 16.3. The average molecular weight is 304 g/mol. The molecule has 1 unspecified atom stereocenters. The van der Waals surface area contributed by atoms with E-state index in [0.29, 0.717) is 5.69 Å². The first-order valence-electron chi connectivity index (χ1n) is 7.20. The highest BCUT2D eigenvalue weighted by Crippen LogP contribution is 2.18. The fraction of sp³-hybridized carbons (Fsp3) is 0.412. The molecule has 5 heteroatoms. The zero-order valence-corrected chi connectivity index (χ0v) is 13.5. The van der Waals surface area contributed by atoms with Gasteiger partial charge in [-0.15, -0.1) is 0 Å². The molecule has 0 heterocycles. The van der Waals surface area contributed by atoms with E-state index in [-0.39, 0.29) is 23.8 Å². The summed E-state index contributed by atoms with van der Waals surface area (Å²) in [5, 5.41) is 15.2. The van der Waals surface area contributed by atoms with Crippen molar-refractivity contribution in [2.45, 2.75) is 33.8 Å². The van der Waals surface area contributed by atoms with Crippen LogP contribution in [-0.4, -0.2) is 29.6 Å².